The summed E-state index contributed by atoms with van der Waals surface area (Å²) in [6.45, 7) is 0. The van der Waals surface area contributed by atoms with Crippen molar-refractivity contribution in [2.75, 3.05) is 5.73 Å². The van der Waals surface area contributed by atoms with Gasteiger partial charge in [0.05, 0.1) is 11.4 Å². The van der Waals surface area contributed by atoms with E-state index in [0.29, 0.717) is 17.1 Å². The van der Waals surface area contributed by atoms with E-state index in [-0.39, 0.29) is 0 Å². The first-order chi connectivity index (χ1) is 12.8. The minimum atomic E-state index is -4.89. The van der Waals surface area contributed by atoms with E-state index in [2.05, 4.69) is 10.2 Å². The van der Waals surface area contributed by atoms with Gasteiger partial charge in [-0.15, -0.1) is 0 Å². The molecular weight excluding hydrogens is 355 g/mol. The third-order valence-electron chi connectivity index (χ3n) is 3.78. The van der Waals surface area contributed by atoms with E-state index in [1.807, 2.05) is 36.4 Å². The van der Waals surface area contributed by atoms with Crippen LogP contribution in [-0.4, -0.2) is 12.0 Å². The zero-order valence-electron chi connectivity index (χ0n) is 13.9. The third-order valence-corrected chi connectivity index (χ3v) is 3.78. The molecule has 0 aliphatic carbocycles. The Morgan fingerprint density at radius 1 is 0.704 bits per heavy atom. The molecule has 0 saturated heterocycles. The molecule has 0 aromatic heterocycles. The lowest BCUT2D eigenvalue weighted by Gasteiger charge is -2.04. The Labute approximate surface area is 153 Å². The van der Waals surface area contributed by atoms with Gasteiger partial charge >= 0.3 is 6.18 Å². The molecule has 0 atom stereocenters. The number of nitrogens with two attached hydrogens (primary N) is 1. The molecule has 3 aromatic carbocycles. The molecule has 0 saturated carbocycles. The number of hydrogen-bond donors (Lipinski definition) is 1. The fraction of sp³-hybridized carbons (Fsp3) is 0.0500. The van der Waals surface area contributed by atoms with Crippen LogP contribution in [0.4, 0.5) is 30.2 Å². The Balaban J connectivity index is 1.71. The van der Waals surface area contributed by atoms with Crippen molar-refractivity contribution in [2.24, 2.45) is 10.2 Å². The van der Waals surface area contributed by atoms with E-state index >= 15 is 0 Å². The topological polar surface area (TPSA) is 67.8 Å². The second kappa shape index (κ2) is 7.41. The maximum atomic E-state index is 12.4. The Morgan fingerprint density at radius 2 is 1.11 bits per heavy atom. The maximum absolute atomic E-state index is 12.4. The van der Waals surface area contributed by atoms with Crippen LogP contribution in [0.2, 0.25) is 0 Å². The zero-order chi connectivity index (χ0) is 19.4. The van der Waals surface area contributed by atoms with Gasteiger partial charge in [-0.3, -0.25) is 4.79 Å². The number of anilines is 1. The molecule has 136 valence electrons. The van der Waals surface area contributed by atoms with Crippen LogP contribution in [0.1, 0.15) is 10.4 Å². The molecule has 3 aromatic rings. The third kappa shape index (κ3) is 4.58. The molecule has 0 bridgehead atoms. The summed E-state index contributed by atoms with van der Waals surface area (Å²) in [6, 6.07) is 19.5. The summed E-state index contributed by atoms with van der Waals surface area (Å²) in [7, 11) is 0. The fourth-order valence-electron chi connectivity index (χ4n) is 2.35. The predicted molar refractivity (Wildman–Crippen MR) is 97.3 cm³/mol. The van der Waals surface area contributed by atoms with Gasteiger partial charge in [-0.1, -0.05) is 24.3 Å². The Kier molecular flexibility index (Phi) is 5.03. The average molecular weight is 369 g/mol. The molecule has 0 heterocycles. The first-order valence-corrected chi connectivity index (χ1v) is 7.92. The minimum absolute atomic E-state index is 0.344. The number of carbonyl (C=O) groups excluding carboxylic acids is 1. The predicted octanol–water partition coefficient (Wildman–Crippen LogP) is 6.10. The van der Waals surface area contributed by atoms with Crippen molar-refractivity contribution in [1.82, 2.24) is 0 Å². The van der Waals surface area contributed by atoms with E-state index in [9.17, 15) is 18.0 Å². The van der Waals surface area contributed by atoms with Gasteiger partial charge in [-0.05, 0) is 59.7 Å². The van der Waals surface area contributed by atoms with E-state index in [4.69, 9.17) is 5.73 Å². The number of benzene rings is 3. The highest BCUT2D eigenvalue weighted by Gasteiger charge is 2.39. The first kappa shape index (κ1) is 18.3. The van der Waals surface area contributed by atoms with Crippen LogP contribution in [0.3, 0.4) is 0 Å². The van der Waals surface area contributed by atoms with Crippen LogP contribution < -0.4 is 5.73 Å². The summed E-state index contributed by atoms with van der Waals surface area (Å²) in [5, 5.41) is 8.02. The number of hydrogen-bond acceptors (Lipinski definition) is 4. The number of carbonyl (C=O) groups is 1. The van der Waals surface area contributed by atoms with Crippen LogP contribution in [-0.2, 0) is 0 Å². The first-order valence-electron chi connectivity index (χ1n) is 7.92. The van der Waals surface area contributed by atoms with Gasteiger partial charge in [-0.2, -0.15) is 23.4 Å². The molecule has 0 radical (unpaired) electrons. The summed E-state index contributed by atoms with van der Waals surface area (Å²) in [5.41, 5.74) is 8.85. The minimum Gasteiger partial charge on any atom is -0.399 e. The summed E-state index contributed by atoms with van der Waals surface area (Å²) in [5.74, 6) is -1.88. The monoisotopic (exact) mass is 369 g/mol. The summed E-state index contributed by atoms with van der Waals surface area (Å²) >= 11 is 0. The van der Waals surface area contributed by atoms with Gasteiger partial charge in [-0.25, -0.2) is 0 Å². The van der Waals surface area contributed by atoms with Crippen LogP contribution in [0.5, 0.6) is 0 Å². The molecule has 0 aliphatic heterocycles. The number of azo groups is 1. The standard InChI is InChI=1S/C20H14F3N3O/c21-20(22,23)19(27)15-5-11-18(12-6-15)26-25-17-9-3-14(4-10-17)13-1-7-16(24)8-2-13/h1-12H,24H2/b26-25+. The maximum Gasteiger partial charge on any atom is 0.454 e. The highest BCUT2D eigenvalue weighted by Crippen LogP contribution is 2.26. The van der Waals surface area contributed by atoms with Gasteiger partial charge in [0.15, 0.2) is 0 Å². The Morgan fingerprint density at radius 3 is 1.56 bits per heavy atom. The summed E-state index contributed by atoms with van der Waals surface area (Å²) in [4.78, 5) is 11.1. The quantitative estimate of drug-likeness (QED) is 0.343. The van der Waals surface area contributed by atoms with Crippen molar-refractivity contribution in [3.8, 4) is 11.1 Å². The van der Waals surface area contributed by atoms with Crippen LogP contribution in [0.15, 0.2) is 83.0 Å². The number of nitrogen functional groups attached to an aromatic ring is 1. The fourth-order valence-corrected chi connectivity index (χ4v) is 2.35. The summed E-state index contributed by atoms with van der Waals surface area (Å²) in [6.07, 6.45) is -4.89. The molecule has 2 N–H and O–H groups in total. The van der Waals surface area contributed by atoms with Gasteiger partial charge in [0, 0.05) is 11.3 Å². The van der Waals surface area contributed by atoms with E-state index in [1.54, 1.807) is 12.1 Å². The molecule has 0 fully saturated rings. The largest absolute Gasteiger partial charge is 0.454 e. The lowest BCUT2D eigenvalue weighted by atomic mass is 10.1. The Hall–Kier alpha value is -3.48. The van der Waals surface area contributed by atoms with Crippen molar-refractivity contribution in [2.45, 2.75) is 6.18 Å². The second-order valence-corrected chi connectivity index (χ2v) is 5.74. The van der Waals surface area contributed by atoms with Crippen molar-refractivity contribution in [3.05, 3.63) is 78.4 Å². The highest BCUT2D eigenvalue weighted by molar-refractivity contribution is 6.00. The average Bonchev–Trinajstić information content (AvgIpc) is 2.66. The number of alkyl halides is 3. The van der Waals surface area contributed by atoms with Crippen molar-refractivity contribution < 1.29 is 18.0 Å². The molecule has 4 nitrogen and oxygen atoms in total. The van der Waals surface area contributed by atoms with Gasteiger partial charge in [0.25, 0.3) is 5.78 Å². The van der Waals surface area contributed by atoms with Gasteiger partial charge in [0.2, 0.25) is 0 Å². The van der Waals surface area contributed by atoms with E-state index in [1.165, 1.54) is 12.1 Å². The molecule has 0 aliphatic rings. The zero-order valence-corrected chi connectivity index (χ0v) is 13.9. The molecular formula is C20H14F3N3O. The molecule has 3 rings (SSSR count). The highest BCUT2D eigenvalue weighted by atomic mass is 19.4. The van der Waals surface area contributed by atoms with E-state index in [0.717, 1.165) is 23.3 Å². The Bertz CT molecular complexity index is 961. The second-order valence-electron chi connectivity index (χ2n) is 5.74. The molecule has 0 amide bonds. The molecule has 0 unspecified atom stereocenters. The number of ketones is 1. The normalized spacial score (nSPS) is 11.7. The van der Waals surface area contributed by atoms with Crippen molar-refractivity contribution in [3.63, 3.8) is 0 Å². The number of halogens is 3. The molecule has 0 spiro atoms. The van der Waals surface area contributed by atoms with Crippen molar-refractivity contribution in [1.29, 1.82) is 0 Å². The molecule has 27 heavy (non-hydrogen) atoms. The lowest BCUT2D eigenvalue weighted by Crippen LogP contribution is -2.22. The SMILES string of the molecule is Nc1ccc(-c2ccc(/N=N/c3ccc(C(=O)C(F)(F)F)cc3)cc2)cc1. The van der Waals surface area contributed by atoms with Crippen molar-refractivity contribution >= 4 is 22.8 Å². The lowest BCUT2D eigenvalue weighted by molar-refractivity contribution is -0.0885. The van der Waals surface area contributed by atoms with E-state index < -0.39 is 17.5 Å². The summed E-state index contributed by atoms with van der Waals surface area (Å²) < 4.78 is 37.1. The van der Waals surface area contributed by atoms with Gasteiger partial charge in [0.1, 0.15) is 0 Å². The van der Waals surface area contributed by atoms with Crippen LogP contribution in [0, 0.1) is 0 Å². The smallest absolute Gasteiger partial charge is 0.399 e. The van der Waals surface area contributed by atoms with Crippen LogP contribution >= 0.6 is 0 Å². The molecule has 7 heteroatoms. The number of rotatable bonds is 4. The van der Waals surface area contributed by atoms with Crippen LogP contribution in [0.25, 0.3) is 11.1 Å². The van der Waals surface area contributed by atoms with Gasteiger partial charge < -0.3 is 5.73 Å². The number of nitrogens with zero attached hydrogens (tertiary/aromatic N) is 2. The number of Topliss-reactive ketones (excluding diaryl/α,β-unsaturated/α-hetero) is 1.